The van der Waals surface area contributed by atoms with Crippen molar-refractivity contribution >= 4 is 23.8 Å². The zero-order chi connectivity index (χ0) is 20.2. The molecule has 0 aliphatic carbocycles. The predicted molar refractivity (Wildman–Crippen MR) is 121 cm³/mol. The third kappa shape index (κ3) is 8.38. The summed E-state index contributed by atoms with van der Waals surface area (Å²) in [7, 11) is 0. The molecule has 0 amide bonds. The number of phenols is 1. The summed E-state index contributed by atoms with van der Waals surface area (Å²) in [5.74, 6) is 0.322. The minimum atomic E-state index is 0. The van der Waals surface area contributed by atoms with Crippen LogP contribution in [0.4, 0.5) is 11.4 Å². The molecular weight excluding hydrogens is 551 g/mol. The summed E-state index contributed by atoms with van der Waals surface area (Å²) in [6.45, 7) is 0. The first-order valence-corrected chi connectivity index (χ1v) is 9.24. The van der Waals surface area contributed by atoms with E-state index in [2.05, 4.69) is 16.1 Å². The van der Waals surface area contributed by atoms with Gasteiger partial charge in [0, 0.05) is 21.1 Å². The van der Waals surface area contributed by atoms with E-state index in [1.54, 1.807) is 24.3 Å². The zero-order valence-corrected chi connectivity index (χ0v) is 18.5. The molecular formula is C26H21N2OPt-. The molecule has 0 radical (unpaired) electrons. The molecule has 0 aliphatic heterocycles. The van der Waals surface area contributed by atoms with E-state index in [0.717, 1.165) is 22.5 Å². The molecule has 0 aromatic heterocycles. The summed E-state index contributed by atoms with van der Waals surface area (Å²) in [5, 5.41) is 8.63. The SMILES string of the molecule is Oc1ccccc1.[Pt].[c-]1c(C=Nc2ccccc2)cccc1C=Nc1ccccc1. The van der Waals surface area contributed by atoms with Crippen LogP contribution in [0.2, 0.25) is 0 Å². The van der Waals surface area contributed by atoms with E-state index in [1.165, 1.54) is 0 Å². The second-order valence-corrected chi connectivity index (χ2v) is 6.08. The maximum Gasteiger partial charge on any atom is 0.115 e. The Morgan fingerprint density at radius 2 is 0.933 bits per heavy atom. The van der Waals surface area contributed by atoms with E-state index >= 15 is 0 Å². The van der Waals surface area contributed by atoms with Gasteiger partial charge in [-0.25, -0.2) is 0 Å². The van der Waals surface area contributed by atoms with Crippen LogP contribution >= 0.6 is 0 Å². The van der Waals surface area contributed by atoms with Gasteiger partial charge in [0.2, 0.25) is 0 Å². The van der Waals surface area contributed by atoms with Crippen LogP contribution in [0.25, 0.3) is 0 Å². The molecule has 0 atom stereocenters. The zero-order valence-electron chi connectivity index (χ0n) is 16.2. The molecule has 4 aromatic rings. The van der Waals surface area contributed by atoms with Crippen LogP contribution in [0.1, 0.15) is 11.1 Å². The van der Waals surface area contributed by atoms with Gasteiger partial charge in [0.15, 0.2) is 0 Å². The minimum Gasteiger partial charge on any atom is -0.508 e. The van der Waals surface area contributed by atoms with Crippen LogP contribution < -0.4 is 0 Å². The normalized spacial score (nSPS) is 10.3. The average molecular weight is 573 g/mol. The summed E-state index contributed by atoms with van der Waals surface area (Å²) in [4.78, 5) is 8.87. The molecule has 3 nitrogen and oxygen atoms in total. The summed E-state index contributed by atoms with van der Waals surface area (Å²) in [5.41, 5.74) is 3.72. The van der Waals surface area contributed by atoms with Gasteiger partial charge in [0.1, 0.15) is 5.75 Å². The second kappa shape index (κ2) is 13.0. The molecule has 1 N–H and O–H groups in total. The number of benzene rings is 4. The molecule has 0 spiro atoms. The number of aromatic hydroxyl groups is 1. The van der Waals surface area contributed by atoms with Crippen LogP contribution in [0.5, 0.6) is 5.75 Å². The Morgan fingerprint density at radius 1 is 0.533 bits per heavy atom. The quantitative estimate of drug-likeness (QED) is 0.224. The Bertz CT molecular complexity index is 985. The first kappa shape index (κ1) is 23.0. The Balaban J connectivity index is 0.000000341. The number of rotatable bonds is 4. The Kier molecular flexibility index (Phi) is 9.98. The number of phenolic OH excluding ortho intramolecular Hbond substituents is 1. The minimum absolute atomic E-state index is 0. The molecule has 0 saturated heterocycles. The fourth-order valence-electron chi connectivity index (χ4n) is 2.40. The van der Waals surface area contributed by atoms with Crippen molar-refractivity contribution in [3.05, 3.63) is 126 Å². The topological polar surface area (TPSA) is 45.0 Å². The van der Waals surface area contributed by atoms with Crippen molar-refractivity contribution in [2.24, 2.45) is 9.98 Å². The predicted octanol–water partition coefficient (Wildman–Crippen LogP) is 6.38. The van der Waals surface area contributed by atoms with Crippen molar-refractivity contribution in [1.29, 1.82) is 0 Å². The van der Waals surface area contributed by atoms with Crippen molar-refractivity contribution in [3.63, 3.8) is 0 Å². The van der Waals surface area contributed by atoms with Crippen LogP contribution in [-0.2, 0) is 21.1 Å². The van der Waals surface area contributed by atoms with Gasteiger partial charge in [0.25, 0.3) is 0 Å². The molecule has 4 aromatic carbocycles. The van der Waals surface area contributed by atoms with Crippen molar-refractivity contribution in [1.82, 2.24) is 0 Å². The number of hydrogen-bond acceptors (Lipinski definition) is 3. The van der Waals surface area contributed by atoms with E-state index in [4.69, 9.17) is 5.11 Å². The number of para-hydroxylation sites is 3. The average Bonchev–Trinajstić information content (AvgIpc) is 2.79. The van der Waals surface area contributed by atoms with Gasteiger partial charge in [0.05, 0.1) is 11.4 Å². The van der Waals surface area contributed by atoms with Crippen molar-refractivity contribution in [2.75, 3.05) is 0 Å². The third-order valence-corrected chi connectivity index (χ3v) is 3.81. The summed E-state index contributed by atoms with van der Waals surface area (Å²) < 4.78 is 0. The van der Waals surface area contributed by atoms with Crippen LogP contribution in [0.3, 0.4) is 0 Å². The largest absolute Gasteiger partial charge is 0.508 e. The molecule has 0 unspecified atom stereocenters. The first-order valence-electron chi connectivity index (χ1n) is 9.24. The molecule has 0 heterocycles. The van der Waals surface area contributed by atoms with Crippen LogP contribution in [-0.4, -0.2) is 17.5 Å². The van der Waals surface area contributed by atoms with E-state index in [9.17, 15) is 0 Å². The van der Waals surface area contributed by atoms with E-state index in [-0.39, 0.29) is 21.1 Å². The Morgan fingerprint density at radius 3 is 1.30 bits per heavy atom. The monoisotopic (exact) mass is 572 g/mol. The fraction of sp³-hybridized carbons (Fsp3) is 0. The second-order valence-electron chi connectivity index (χ2n) is 6.08. The molecule has 0 aliphatic rings. The standard InChI is InChI=1S/C20H15N2.C6H6O.Pt/c1-3-10-19(11-4-1)21-15-17-8-7-9-18(14-17)16-22-20-12-5-2-6-13-20;7-6-4-2-1-3-5-6;/h1-13,15-16H;1-5,7H;/q-1;;. The maximum absolute atomic E-state index is 8.63. The van der Waals surface area contributed by atoms with Gasteiger partial charge >= 0.3 is 0 Å². The molecule has 4 heteroatoms. The van der Waals surface area contributed by atoms with Crippen molar-refractivity contribution in [3.8, 4) is 5.75 Å². The molecule has 152 valence electrons. The summed E-state index contributed by atoms with van der Waals surface area (Å²) >= 11 is 0. The molecule has 0 fully saturated rings. The van der Waals surface area contributed by atoms with Crippen LogP contribution in [0.15, 0.2) is 119 Å². The Hall–Kier alpha value is -3.29. The maximum atomic E-state index is 8.63. The van der Waals surface area contributed by atoms with Gasteiger partial charge in [-0.2, -0.15) is 0 Å². The van der Waals surface area contributed by atoms with E-state index in [1.807, 2.05) is 97.4 Å². The third-order valence-electron chi connectivity index (χ3n) is 3.81. The van der Waals surface area contributed by atoms with Gasteiger partial charge in [-0.05, 0) is 48.8 Å². The van der Waals surface area contributed by atoms with Crippen molar-refractivity contribution < 1.29 is 26.2 Å². The molecule has 0 bridgehead atoms. The van der Waals surface area contributed by atoms with Gasteiger partial charge in [-0.1, -0.05) is 54.6 Å². The van der Waals surface area contributed by atoms with E-state index < -0.39 is 0 Å². The van der Waals surface area contributed by atoms with Gasteiger partial charge < -0.3 is 5.11 Å². The number of aliphatic imine (C=N–C) groups is 2. The van der Waals surface area contributed by atoms with Gasteiger partial charge in [-0.15, -0.1) is 35.4 Å². The smallest absolute Gasteiger partial charge is 0.115 e. The van der Waals surface area contributed by atoms with Gasteiger partial charge in [-0.3, -0.25) is 9.98 Å². The summed E-state index contributed by atoms with van der Waals surface area (Å²) in [6.07, 6.45) is 3.63. The first-order chi connectivity index (χ1) is 14.3. The number of hydrogen-bond donors (Lipinski definition) is 1. The van der Waals surface area contributed by atoms with Crippen LogP contribution in [0, 0.1) is 6.07 Å². The molecule has 30 heavy (non-hydrogen) atoms. The fourth-order valence-corrected chi connectivity index (χ4v) is 2.40. The molecule has 4 rings (SSSR count). The van der Waals surface area contributed by atoms with E-state index in [0.29, 0.717) is 5.75 Å². The number of nitrogens with zero attached hydrogens (tertiary/aromatic N) is 2. The molecule has 0 saturated carbocycles. The summed E-state index contributed by atoms with van der Waals surface area (Å²) in [6, 6.07) is 37.7. The van der Waals surface area contributed by atoms with Crippen molar-refractivity contribution in [2.45, 2.75) is 0 Å². The Labute approximate surface area is 191 Å².